The number of carbonyl (C=O) groups excluding carboxylic acids is 2. The number of fused-ring (bicyclic) bond motifs is 1. The maximum Gasteiger partial charge on any atom is 0.343 e. The number of hydrogen-bond donors (Lipinski definition) is 3. The van der Waals surface area contributed by atoms with Crippen molar-refractivity contribution in [3.05, 3.63) is 101 Å². The normalized spacial score (nSPS) is 16.1. The third-order valence-electron chi connectivity index (χ3n) is 5.62. The SMILES string of the molecule is O=C1N=C2N=CC(c3ccc(CNc4ncccc4C(=O)NCc4ccc(F)cc4)cc3)=CC2N1. The zero-order valence-electron chi connectivity index (χ0n) is 18.5. The standard InChI is InChI=1S/C26H21FN6O2/c27-20-9-5-17(6-10-20)14-31-25(34)21-2-1-11-28-23(21)29-13-16-3-7-18(8-4-16)19-12-22-24(30-15-19)33-26(35)32-22/h1-12,15,22H,13-14H2,(H,28,29)(H,31,34)(H,32,35). The quantitative estimate of drug-likeness (QED) is 0.491. The molecule has 1 aromatic heterocycles. The van der Waals surface area contributed by atoms with E-state index in [4.69, 9.17) is 0 Å². The second-order valence-electron chi connectivity index (χ2n) is 8.04. The van der Waals surface area contributed by atoms with E-state index in [2.05, 4.69) is 30.9 Å². The van der Waals surface area contributed by atoms with Crippen molar-refractivity contribution in [2.75, 3.05) is 5.32 Å². The molecular formula is C26H21FN6O2. The van der Waals surface area contributed by atoms with Crippen LogP contribution in [0.2, 0.25) is 0 Å². The summed E-state index contributed by atoms with van der Waals surface area (Å²) in [6, 6.07) is 16.6. The monoisotopic (exact) mass is 468 g/mol. The molecule has 0 radical (unpaired) electrons. The number of urea groups is 1. The Labute approximate surface area is 200 Å². The van der Waals surface area contributed by atoms with Crippen molar-refractivity contribution in [2.45, 2.75) is 19.1 Å². The number of nitrogens with zero attached hydrogens (tertiary/aromatic N) is 3. The van der Waals surface area contributed by atoms with E-state index in [1.165, 1.54) is 12.1 Å². The van der Waals surface area contributed by atoms with Crippen LogP contribution in [0.25, 0.3) is 5.57 Å². The van der Waals surface area contributed by atoms with E-state index in [0.717, 1.165) is 22.3 Å². The Morgan fingerprint density at radius 3 is 2.54 bits per heavy atom. The average Bonchev–Trinajstić information content (AvgIpc) is 3.26. The largest absolute Gasteiger partial charge is 0.365 e. The van der Waals surface area contributed by atoms with Crippen LogP contribution in [0, 0.1) is 5.82 Å². The molecule has 3 heterocycles. The average molecular weight is 468 g/mol. The number of allylic oxidation sites excluding steroid dienone is 1. The summed E-state index contributed by atoms with van der Waals surface area (Å²) in [4.78, 5) is 36.5. The smallest absolute Gasteiger partial charge is 0.343 e. The van der Waals surface area contributed by atoms with Gasteiger partial charge in [0.05, 0.1) is 5.56 Å². The van der Waals surface area contributed by atoms with Crippen LogP contribution in [-0.2, 0) is 13.1 Å². The highest BCUT2D eigenvalue weighted by Gasteiger charge is 2.26. The number of amidine groups is 1. The van der Waals surface area contributed by atoms with Crippen LogP contribution in [0.3, 0.4) is 0 Å². The number of pyridine rings is 1. The van der Waals surface area contributed by atoms with Crippen LogP contribution in [-0.4, -0.2) is 35.0 Å². The lowest BCUT2D eigenvalue weighted by molar-refractivity contribution is 0.0951. The Hall–Kier alpha value is -4.66. The van der Waals surface area contributed by atoms with Gasteiger partial charge in [-0.3, -0.25) is 4.79 Å². The van der Waals surface area contributed by atoms with E-state index in [1.54, 1.807) is 36.7 Å². The second-order valence-corrected chi connectivity index (χ2v) is 8.04. The molecule has 5 rings (SSSR count). The summed E-state index contributed by atoms with van der Waals surface area (Å²) in [7, 11) is 0. The van der Waals surface area contributed by atoms with Crippen molar-refractivity contribution in [3.8, 4) is 0 Å². The predicted octanol–water partition coefficient (Wildman–Crippen LogP) is 3.72. The van der Waals surface area contributed by atoms with E-state index in [-0.39, 0.29) is 30.3 Å². The number of dihydropyridines is 1. The van der Waals surface area contributed by atoms with Crippen LogP contribution in [0.15, 0.2) is 82.9 Å². The Balaban J connectivity index is 1.21. The highest BCUT2D eigenvalue weighted by Crippen LogP contribution is 2.20. The number of amides is 3. The summed E-state index contributed by atoms with van der Waals surface area (Å²) >= 11 is 0. The maximum atomic E-state index is 13.1. The molecular weight excluding hydrogens is 447 g/mol. The molecule has 0 aliphatic carbocycles. The molecule has 3 amide bonds. The minimum absolute atomic E-state index is 0.272. The van der Waals surface area contributed by atoms with E-state index < -0.39 is 0 Å². The molecule has 2 aliphatic heterocycles. The zero-order chi connectivity index (χ0) is 24.2. The highest BCUT2D eigenvalue weighted by atomic mass is 19.1. The van der Waals surface area contributed by atoms with E-state index in [0.29, 0.717) is 23.8 Å². The number of hydrogen-bond acceptors (Lipinski definition) is 5. The summed E-state index contributed by atoms with van der Waals surface area (Å²) in [6.07, 6.45) is 5.25. The molecule has 174 valence electrons. The molecule has 1 unspecified atom stereocenters. The van der Waals surface area contributed by atoms with Gasteiger partial charge in [-0.25, -0.2) is 19.2 Å². The fourth-order valence-corrected chi connectivity index (χ4v) is 3.77. The third kappa shape index (κ3) is 5.14. The Kier molecular flexibility index (Phi) is 6.13. The molecule has 2 aromatic carbocycles. The molecule has 0 bridgehead atoms. The van der Waals surface area contributed by atoms with Gasteiger partial charge < -0.3 is 16.0 Å². The Bertz CT molecular complexity index is 1360. The fraction of sp³-hybridized carbons (Fsp3) is 0.115. The number of rotatable bonds is 7. The first kappa shape index (κ1) is 22.1. The molecule has 3 N–H and O–H groups in total. The minimum atomic E-state index is -0.376. The number of benzene rings is 2. The molecule has 0 fully saturated rings. The highest BCUT2D eigenvalue weighted by molar-refractivity contribution is 6.21. The number of aliphatic imine (C=N–C) groups is 2. The third-order valence-corrected chi connectivity index (χ3v) is 5.62. The van der Waals surface area contributed by atoms with Gasteiger partial charge in [-0.1, -0.05) is 36.4 Å². The minimum Gasteiger partial charge on any atom is -0.365 e. The van der Waals surface area contributed by atoms with Crippen LogP contribution in [0.5, 0.6) is 0 Å². The number of aromatic nitrogens is 1. The van der Waals surface area contributed by atoms with Gasteiger partial charge in [-0.2, -0.15) is 4.99 Å². The van der Waals surface area contributed by atoms with Crippen LogP contribution < -0.4 is 16.0 Å². The molecule has 0 saturated heterocycles. The molecule has 2 aliphatic rings. The van der Waals surface area contributed by atoms with E-state index in [9.17, 15) is 14.0 Å². The van der Waals surface area contributed by atoms with Gasteiger partial charge in [0.1, 0.15) is 17.7 Å². The topological polar surface area (TPSA) is 108 Å². The first-order valence-electron chi connectivity index (χ1n) is 11.0. The molecule has 9 heteroatoms. The molecule has 3 aromatic rings. The van der Waals surface area contributed by atoms with Gasteiger partial charge in [0.2, 0.25) is 0 Å². The van der Waals surface area contributed by atoms with Gasteiger partial charge in [0.25, 0.3) is 5.91 Å². The number of halogens is 1. The molecule has 0 saturated carbocycles. The van der Waals surface area contributed by atoms with Crippen LogP contribution >= 0.6 is 0 Å². The second kappa shape index (κ2) is 9.68. The van der Waals surface area contributed by atoms with Gasteiger partial charge in [0.15, 0.2) is 5.84 Å². The summed E-state index contributed by atoms with van der Waals surface area (Å²) in [5.41, 5.74) is 4.10. The van der Waals surface area contributed by atoms with Gasteiger partial charge in [-0.05, 0) is 52.6 Å². The van der Waals surface area contributed by atoms with Crippen molar-refractivity contribution in [1.82, 2.24) is 15.6 Å². The Morgan fingerprint density at radius 2 is 1.74 bits per heavy atom. The van der Waals surface area contributed by atoms with Crippen molar-refractivity contribution >= 4 is 35.4 Å². The summed E-state index contributed by atoms with van der Waals surface area (Å²) in [5, 5.41) is 8.81. The molecule has 8 nitrogen and oxygen atoms in total. The maximum absolute atomic E-state index is 13.1. The number of carbonyl (C=O) groups is 2. The number of anilines is 1. The lowest BCUT2D eigenvalue weighted by atomic mass is 10.0. The van der Waals surface area contributed by atoms with Gasteiger partial charge in [0, 0.05) is 25.5 Å². The zero-order valence-corrected chi connectivity index (χ0v) is 18.5. The molecule has 35 heavy (non-hydrogen) atoms. The van der Waals surface area contributed by atoms with Crippen molar-refractivity contribution in [2.24, 2.45) is 9.98 Å². The lowest BCUT2D eigenvalue weighted by Gasteiger charge is -2.14. The van der Waals surface area contributed by atoms with E-state index >= 15 is 0 Å². The first-order valence-corrected chi connectivity index (χ1v) is 11.0. The van der Waals surface area contributed by atoms with Crippen LogP contribution in [0.1, 0.15) is 27.0 Å². The van der Waals surface area contributed by atoms with E-state index in [1.807, 2.05) is 30.3 Å². The summed E-state index contributed by atoms with van der Waals surface area (Å²) in [6.45, 7) is 0.754. The number of nitrogens with one attached hydrogen (secondary N) is 3. The fourth-order valence-electron chi connectivity index (χ4n) is 3.77. The van der Waals surface area contributed by atoms with Crippen LogP contribution in [0.4, 0.5) is 15.0 Å². The molecule has 1 atom stereocenters. The van der Waals surface area contributed by atoms with Crippen molar-refractivity contribution in [3.63, 3.8) is 0 Å². The van der Waals surface area contributed by atoms with Crippen molar-refractivity contribution in [1.29, 1.82) is 0 Å². The lowest BCUT2D eigenvalue weighted by Crippen LogP contribution is -2.31. The summed E-state index contributed by atoms with van der Waals surface area (Å²) < 4.78 is 13.1. The Morgan fingerprint density at radius 1 is 1.00 bits per heavy atom. The summed E-state index contributed by atoms with van der Waals surface area (Å²) in [5.74, 6) is 0.360. The molecule has 0 spiro atoms. The van der Waals surface area contributed by atoms with Gasteiger partial charge >= 0.3 is 6.03 Å². The first-order chi connectivity index (χ1) is 17.0. The van der Waals surface area contributed by atoms with Gasteiger partial charge in [-0.15, -0.1) is 0 Å². The van der Waals surface area contributed by atoms with Crippen molar-refractivity contribution < 1.29 is 14.0 Å². The predicted molar refractivity (Wildman–Crippen MR) is 132 cm³/mol.